The zero-order valence-corrected chi connectivity index (χ0v) is 11.8. The highest BCUT2D eigenvalue weighted by Gasteiger charge is 2.20. The molecule has 0 unspecified atom stereocenters. The third-order valence-electron chi connectivity index (χ3n) is 3.01. The zero-order valence-electron chi connectivity index (χ0n) is 11.8. The number of benzene rings is 1. The van der Waals surface area contributed by atoms with E-state index in [-0.39, 0.29) is 5.91 Å². The SMILES string of the molecule is CCC[C@H](N)C(=O)N(CCOC)Cc1ccccc1. The summed E-state index contributed by atoms with van der Waals surface area (Å²) >= 11 is 0. The molecule has 0 aromatic heterocycles. The van der Waals surface area contributed by atoms with Gasteiger partial charge in [-0.3, -0.25) is 4.79 Å². The maximum atomic E-state index is 12.3. The molecule has 0 aliphatic rings. The zero-order chi connectivity index (χ0) is 14.1. The van der Waals surface area contributed by atoms with Crippen LogP contribution in [0.5, 0.6) is 0 Å². The second-order valence-electron chi connectivity index (χ2n) is 4.63. The Morgan fingerprint density at radius 2 is 2.05 bits per heavy atom. The van der Waals surface area contributed by atoms with Gasteiger partial charge in [0.05, 0.1) is 12.6 Å². The molecule has 0 radical (unpaired) electrons. The molecule has 4 heteroatoms. The molecule has 0 spiro atoms. The average molecular weight is 264 g/mol. The highest BCUT2D eigenvalue weighted by molar-refractivity contribution is 5.81. The van der Waals surface area contributed by atoms with E-state index in [2.05, 4.69) is 0 Å². The lowest BCUT2D eigenvalue weighted by Gasteiger charge is -2.25. The fourth-order valence-corrected chi connectivity index (χ4v) is 1.94. The Labute approximate surface area is 115 Å². The summed E-state index contributed by atoms with van der Waals surface area (Å²) in [4.78, 5) is 14.1. The van der Waals surface area contributed by atoms with Crippen molar-refractivity contribution in [2.45, 2.75) is 32.4 Å². The van der Waals surface area contributed by atoms with Gasteiger partial charge in [-0.15, -0.1) is 0 Å². The Hall–Kier alpha value is -1.39. The van der Waals surface area contributed by atoms with E-state index in [1.54, 1.807) is 12.0 Å². The molecule has 1 amide bonds. The number of methoxy groups -OCH3 is 1. The quantitative estimate of drug-likeness (QED) is 0.779. The van der Waals surface area contributed by atoms with Crippen LogP contribution in [-0.4, -0.2) is 37.1 Å². The highest BCUT2D eigenvalue weighted by Crippen LogP contribution is 2.07. The maximum absolute atomic E-state index is 12.3. The van der Waals surface area contributed by atoms with E-state index in [1.165, 1.54) is 0 Å². The number of hydrogen-bond acceptors (Lipinski definition) is 3. The number of carbonyl (C=O) groups excluding carboxylic acids is 1. The van der Waals surface area contributed by atoms with Crippen LogP contribution in [0, 0.1) is 0 Å². The number of ether oxygens (including phenoxy) is 1. The standard InChI is InChI=1S/C15H24N2O2/c1-3-7-14(16)15(18)17(10-11-19-2)12-13-8-5-4-6-9-13/h4-6,8-9,14H,3,7,10-12,16H2,1-2H3/t14-/m0/s1. The molecule has 1 aromatic carbocycles. The monoisotopic (exact) mass is 264 g/mol. The third kappa shape index (κ3) is 5.41. The number of hydrogen-bond donors (Lipinski definition) is 1. The Bertz CT molecular complexity index is 368. The Balaban J connectivity index is 2.68. The van der Waals surface area contributed by atoms with Gasteiger partial charge in [-0.25, -0.2) is 0 Å². The van der Waals surface area contributed by atoms with Crippen molar-refractivity contribution in [3.8, 4) is 0 Å². The van der Waals surface area contributed by atoms with E-state index >= 15 is 0 Å². The molecule has 106 valence electrons. The molecular formula is C15H24N2O2. The molecule has 0 saturated carbocycles. The molecule has 19 heavy (non-hydrogen) atoms. The second-order valence-corrected chi connectivity index (χ2v) is 4.63. The van der Waals surface area contributed by atoms with Crippen molar-refractivity contribution in [3.63, 3.8) is 0 Å². The van der Waals surface area contributed by atoms with Crippen molar-refractivity contribution in [1.29, 1.82) is 0 Å². The Morgan fingerprint density at radius 1 is 1.37 bits per heavy atom. The first-order valence-electron chi connectivity index (χ1n) is 6.76. The second kappa shape index (κ2) is 8.67. The van der Waals surface area contributed by atoms with Crippen LogP contribution in [0.3, 0.4) is 0 Å². The topological polar surface area (TPSA) is 55.6 Å². The summed E-state index contributed by atoms with van der Waals surface area (Å²) in [6, 6.07) is 9.52. The number of rotatable bonds is 8. The summed E-state index contributed by atoms with van der Waals surface area (Å²) in [6.07, 6.45) is 1.63. The molecule has 0 aliphatic heterocycles. The van der Waals surface area contributed by atoms with Crippen molar-refractivity contribution >= 4 is 5.91 Å². The van der Waals surface area contributed by atoms with Crippen molar-refractivity contribution in [2.24, 2.45) is 5.73 Å². The van der Waals surface area contributed by atoms with Crippen molar-refractivity contribution in [2.75, 3.05) is 20.3 Å². The predicted octanol–water partition coefficient (Wildman–Crippen LogP) is 1.79. The first kappa shape index (κ1) is 15.7. The summed E-state index contributed by atoms with van der Waals surface area (Å²) in [5.41, 5.74) is 7.03. The van der Waals surface area contributed by atoms with Gasteiger partial charge in [-0.05, 0) is 12.0 Å². The highest BCUT2D eigenvalue weighted by atomic mass is 16.5. The van der Waals surface area contributed by atoms with E-state index in [1.807, 2.05) is 37.3 Å². The van der Waals surface area contributed by atoms with Gasteiger partial charge < -0.3 is 15.4 Å². The third-order valence-corrected chi connectivity index (χ3v) is 3.01. The van der Waals surface area contributed by atoms with Crippen LogP contribution in [0.15, 0.2) is 30.3 Å². The van der Waals surface area contributed by atoms with E-state index in [0.29, 0.717) is 19.7 Å². The van der Waals surface area contributed by atoms with Gasteiger partial charge in [0.15, 0.2) is 0 Å². The van der Waals surface area contributed by atoms with Crippen LogP contribution < -0.4 is 5.73 Å². The van der Waals surface area contributed by atoms with Gasteiger partial charge in [-0.1, -0.05) is 43.7 Å². The first-order chi connectivity index (χ1) is 9.19. The largest absolute Gasteiger partial charge is 0.383 e. The van der Waals surface area contributed by atoms with Crippen LogP contribution in [-0.2, 0) is 16.1 Å². The van der Waals surface area contributed by atoms with Gasteiger partial charge >= 0.3 is 0 Å². The van der Waals surface area contributed by atoms with Gasteiger partial charge in [0, 0.05) is 20.2 Å². The molecular weight excluding hydrogens is 240 g/mol. The Kier molecular flexibility index (Phi) is 7.15. The maximum Gasteiger partial charge on any atom is 0.239 e. The minimum Gasteiger partial charge on any atom is -0.383 e. The molecule has 1 atom stereocenters. The summed E-state index contributed by atoms with van der Waals surface area (Å²) in [6.45, 7) is 3.71. The minimum absolute atomic E-state index is 0.00255. The fraction of sp³-hybridized carbons (Fsp3) is 0.533. The van der Waals surface area contributed by atoms with E-state index < -0.39 is 6.04 Å². The molecule has 0 fully saturated rings. The van der Waals surface area contributed by atoms with Crippen LogP contribution >= 0.6 is 0 Å². The van der Waals surface area contributed by atoms with Crippen molar-refractivity contribution < 1.29 is 9.53 Å². The molecule has 0 aliphatic carbocycles. The molecule has 1 rings (SSSR count). The van der Waals surface area contributed by atoms with E-state index in [4.69, 9.17) is 10.5 Å². The molecule has 2 N–H and O–H groups in total. The predicted molar refractivity (Wildman–Crippen MR) is 76.6 cm³/mol. The number of amides is 1. The number of nitrogens with zero attached hydrogens (tertiary/aromatic N) is 1. The fourth-order valence-electron chi connectivity index (χ4n) is 1.94. The molecule has 0 heterocycles. The summed E-state index contributed by atoms with van der Waals surface area (Å²) in [7, 11) is 1.64. The molecule has 0 bridgehead atoms. The van der Waals surface area contributed by atoms with Crippen molar-refractivity contribution in [1.82, 2.24) is 4.90 Å². The lowest BCUT2D eigenvalue weighted by atomic mass is 10.1. The van der Waals surface area contributed by atoms with Gasteiger partial charge in [0.25, 0.3) is 0 Å². The van der Waals surface area contributed by atoms with Crippen LogP contribution in [0.1, 0.15) is 25.3 Å². The summed E-state index contributed by atoms with van der Waals surface area (Å²) < 4.78 is 5.07. The van der Waals surface area contributed by atoms with Crippen LogP contribution in [0.4, 0.5) is 0 Å². The minimum atomic E-state index is -0.412. The van der Waals surface area contributed by atoms with Gasteiger partial charge in [0.2, 0.25) is 5.91 Å². The average Bonchev–Trinajstić information content (AvgIpc) is 2.44. The van der Waals surface area contributed by atoms with E-state index in [0.717, 1.165) is 18.4 Å². The first-order valence-corrected chi connectivity index (χ1v) is 6.76. The Morgan fingerprint density at radius 3 is 2.63 bits per heavy atom. The normalized spacial score (nSPS) is 12.2. The summed E-state index contributed by atoms with van der Waals surface area (Å²) in [5, 5.41) is 0. The lowest BCUT2D eigenvalue weighted by Crippen LogP contribution is -2.44. The number of carbonyl (C=O) groups is 1. The molecule has 0 saturated heterocycles. The van der Waals surface area contributed by atoms with Crippen LogP contribution in [0.2, 0.25) is 0 Å². The van der Waals surface area contributed by atoms with Gasteiger partial charge in [-0.2, -0.15) is 0 Å². The molecule has 4 nitrogen and oxygen atoms in total. The van der Waals surface area contributed by atoms with E-state index in [9.17, 15) is 4.79 Å². The van der Waals surface area contributed by atoms with Gasteiger partial charge in [0.1, 0.15) is 0 Å². The summed E-state index contributed by atoms with van der Waals surface area (Å²) in [5.74, 6) is 0.00255. The van der Waals surface area contributed by atoms with Crippen molar-refractivity contribution in [3.05, 3.63) is 35.9 Å². The molecule has 1 aromatic rings. The lowest BCUT2D eigenvalue weighted by molar-refractivity contribution is -0.134. The smallest absolute Gasteiger partial charge is 0.239 e. The van der Waals surface area contributed by atoms with Crippen LogP contribution in [0.25, 0.3) is 0 Å². The number of nitrogens with two attached hydrogens (primary N) is 1.